The average molecular weight is 366 g/mol. The first-order chi connectivity index (χ1) is 12.0. The fourth-order valence-electron chi connectivity index (χ4n) is 2.77. The third-order valence-corrected chi connectivity index (χ3v) is 4.48. The van der Waals surface area contributed by atoms with E-state index in [9.17, 15) is 4.79 Å². The number of benzene rings is 1. The predicted octanol–water partition coefficient (Wildman–Crippen LogP) is 1.37. The summed E-state index contributed by atoms with van der Waals surface area (Å²) in [7, 11) is 1.94. The fourth-order valence-corrected chi connectivity index (χ4v) is 3.01. The smallest absolute Gasteiger partial charge is 0.335 e. The number of carboxylic acid groups (broad SMARTS) is 1. The van der Waals surface area contributed by atoms with Gasteiger partial charge in [0.05, 0.1) is 10.6 Å². The first kappa shape index (κ1) is 17.5. The Bertz CT molecular complexity index is 743. The van der Waals surface area contributed by atoms with Crippen molar-refractivity contribution >= 4 is 23.5 Å². The van der Waals surface area contributed by atoms with Crippen LogP contribution in [0.2, 0.25) is 5.02 Å². The minimum absolute atomic E-state index is 0.150. The van der Waals surface area contributed by atoms with Gasteiger partial charge in [0.15, 0.2) is 0 Å². The molecule has 1 aliphatic rings. The van der Waals surface area contributed by atoms with Crippen LogP contribution in [-0.2, 0) is 7.05 Å². The van der Waals surface area contributed by atoms with E-state index in [-0.39, 0.29) is 5.56 Å². The van der Waals surface area contributed by atoms with Gasteiger partial charge in [0.25, 0.3) is 0 Å². The molecule has 0 spiro atoms. The van der Waals surface area contributed by atoms with E-state index in [4.69, 9.17) is 21.4 Å². The summed E-state index contributed by atoms with van der Waals surface area (Å²) >= 11 is 6.06. The number of ether oxygens (including phenoxy) is 1. The van der Waals surface area contributed by atoms with E-state index in [0.717, 1.165) is 38.7 Å². The monoisotopic (exact) mass is 365 g/mol. The Morgan fingerprint density at radius 1 is 1.32 bits per heavy atom. The molecular formula is C16H20ClN5O3. The van der Waals surface area contributed by atoms with Gasteiger partial charge in [0.2, 0.25) is 5.95 Å². The zero-order valence-electron chi connectivity index (χ0n) is 13.9. The number of aryl methyl sites for hydroxylation is 1. The summed E-state index contributed by atoms with van der Waals surface area (Å²) in [6.45, 7) is 4.89. The first-order valence-electron chi connectivity index (χ1n) is 8.01. The van der Waals surface area contributed by atoms with Crippen molar-refractivity contribution in [2.75, 3.05) is 44.2 Å². The zero-order valence-corrected chi connectivity index (χ0v) is 14.7. The number of rotatable bonds is 6. The molecule has 0 atom stereocenters. The molecule has 134 valence electrons. The number of anilines is 1. The van der Waals surface area contributed by atoms with E-state index in [2.05, 4.69) is 20.0 Å². The van der Waals surface area contributed by atoms with Crippen LogP contribution in [0, 0.1) is 0 Å². The van der Waals surface area contributed by atoms with E-state index in [1.807, 2.05) is 11.6 Å². The molecule has 1 saturated heterocycles. The Balaban J connectivity index is 1.45. The Hall–Kier alpha value is -2.32. The lowest BCUT2D eigenvalue weighted by Gasteiger charge is -2.34. The van der Waals surface area contributed by atoms with Crippen LogP contribution >= 0.6 is 11.6 Å². The summed E-state index contributed by atoms with van der Waals surface area (Å²) in [5.74, 6) is 0.389. The van der Waals surface area contributed by atoms with E-state index in [1.165, 1.54) is 12.1 Å². The largest absolute Gasteiger partial charge is 0.491 e. The molecule has 8 nitrogen and oxygen atoms in total. The van der Waals surface area contributed by atoms with Gasteiger partial charge in [-0.15, -0.1) is 10.2 Å². The minimum atomic E-state index is -1.01. The maximum Gasteiger partial charge on any atom is 0.335 e. The lowest BCUT2D eigenvalue weighted by Crippen LogP contribution is -2.48. The fraction of sp³-hybridized carbons (Fsp3) is 0.438. The van der Waals surface area contributed by atoms with Gasteiger partial charge in [-0.3, -0.25) is 4.90 Å². The third-order valence-electron chi connectivity index (χ3n) is 4.19. The van der Waals surface area contributed by atoms with Crippen LogP contribution in [-0.4, -0.2) is 70.1 Å². The van der Waals surface area contributed by atoms with E-state index < -0.39 is 5.97 Å². The zero-order chi connectivity index (χ0) is 17.8. The van der Waals surface area contributed by atoms with Crippen molar-refractivity contribution in [1.82, 2.24) is 19.7 Å². The lowest BCUT2D eigenvalue weighted by molar-refractivity contribution is 0.0697. The molecule has 2 aromatic rings. The second-order valence-electron chi connectivity index (χ2n) is 5.87. The molecule has 1 fully saturated rings. The Morgan fingerprint density at radius 3 is 2.68 bits per heavy atom. The highest BCUT2D eigenvalue weighted by Crippen LogP contribution is 2.25. The van der Waals surface area contributed by atoms with Crippen molar-refractivity contribution in [1.29, 1.82) is 0 Å². The molecule has 1 N–H and O–H groups in total. The third kappa shape index (κ3) is 4.21. The molecule has 3 rings (SSSR count). The number of aromatic carboxylic acids is 1. The van der Waals surface area contributed by atoms with Crippen LogP contribution in [0.5, 0.6) is 5.75 Å². The number of carbonyl (C=O) groups is 1. The summed E-state index contributed by atoms with van der Waals surface area (Å²) in [6.07, 6.45) is 1.70. The standard InChI is InChI=1S/C16H20ClN5O3/c1-20-11-18-19-16(20)22-6-4-21(5-7-22)8-9-25-14-3-2-12(15(23)24)10-13(14)17/h2-3,10-11H,4-9H2,1H3,(H,23,24). The van der Waals surface area contributed by atoms with E-state index in [1.54, 1.807) is 12.4 Å². The van der Waals surface area contributed by atoms with Crippen LogP contribution in [0.15, 0.2) is 24.5 Å². The molecule has 25 heavy (non-hydrogen) atoms. The second kappa shape index (κ2) is 7.71. The van der Waals surface area contributed by atoms with Gasteiger partial charge >= 0.3 is 5.97 Å². The van der Waals surface area contributed by atoms with Crippen LogP contribution in [0.3, 0.4) is 0 Å². The highest BCUT2D eigenvalue weighted by Gasteiger charge is 2.20. The molecule has 1 aromatic carbocycles. The van der Waals surface area contributed by atoms with Crippen LogP contribution < -0.4 is 9.64 Å². The maximum absolute atomic E-state index is 10.9. The van der Waals surface area contributed by atoms with Crippen molar-refractivity contribution in [2.24, 2.45) is 7.05 Å². The second-order valence-corrected chi connectivity index (χ2v) is 6.28. The molecule has 9 heteroatoms. The molecule has 0 saturated carbocycles. The Kier molecular flexibility index (Phi) is 5.40. The molecule has 0 bridgehead atoms. The van der Waals surface area contributed by atoms with Crippen molar-refractivity contribution in [3.63, 3.8) is 0 Å². The summed E-state index contributed by atoms with van der Waals surface area (Å²) in [5, 5.41) is 17.3. The predicted molar refractivity (Wildman–Crippen MR) is 93.6 cm³/mol. The van der Waals surface area contributed by atoms with Gasteiger partial charge < -0.3 is 19.3 Å². The number of halogens is 1. The van der Waals surface area contributed by atoms with Gasteiger partial charge in [-0.05, 0) is 18.2 Å². The van der Waals surface area contributed by atoms with Crippen molar-refractivity contribution in [2.45, 2.75) is 0 Å². The van der Waals surface area contributed by atoms with Gasteiger partial charge in [-0.25, -0.2) is 4.79 Å². The molecule has 1 aromatic heterocycles. The molecular weight excluding hydrogens is 346 g/mol. The summed E-state index contributed by atoms with van der Waals surface area (Å²) in [4.78, 5) is 15.4. The highest BCUT2D eigenvalue weighted by atomic mass is 35.5. The van der Waals surface area contributed by atoms with Crippen LogP contribution in [0.25, 0.3) is 0 Å². The van der Waals surface area contributed by atoms with Crippen LogP contribution in [0.4, 0.5) is 5.95 Å². The molecule has 2 heterocycles. The molecule has 0 amide bonds. The highest BCUT2D eigenvalue weighted by molar-refractivity contribution is 6.32. The van der Waals surface area contributed by atoms with Crippen LogP contribution in [0.1, 0.15) is 10.4 Å². The van der Waals surface area contributed by atoms with E-state index in [0.29, 0.717) is 17.4 Å². The summed E-state index contributed by atoms with van der Waals surface area (Å²) in [5.41, 5.74) is 0.150. The number of aromatic nitrogens is 3. The minimum Gasteiger partial charge on any atom is -0.491 e. The van der Waals surface area contributed by atoms with Gasteiger partial charge in [0, 0.05) is 39.8 Å². The quantitative estimate of drug-likeness (QED) is 0.827. The molecule has 0 radical (unpaired) electrons. The molecule has 0 aliphatic carbocycles. The first-order valence-corrected chi connectivity index (χ1v) is 8.39. The number of carboxylic acids is 1. The summed E-state index contributed by atoms with van der Waals surface area (Å²) < 4.78 is 7.60. The van der Waals surface area contributed by atoms with Gasteiger partial charge in [0.1, 0.15) is 18.7 Å². The molecule has 1 aliphatic heterocycles. The molecule has 0 unspecified atom stereocenters. The Labute approximate surface area is 150 Å². The van der Waals surface area contributed by atoms with Gasteiger partial charge in [-0.1, -0.05) is 11.6 Å². The van der Waals surface area contributed by atoms with Crippen molar-refractivity contribution in [3.05, 3.63) is 35.1 Å². The summed E-state index contributed by atoms with van der Waals surface area (Å²) in [6, 6.07) is 4.49. The number of hydrogen-bond donors (Lipinski definition) is 1. The Morgan fingerprint density at radius 2 is 2.08 bits per heavy atom. The average Bonchev–Trinajstić information content (AvgIpc) is 3.03. The number of piperazine rings is 1. The van der Waals surface area contributed by atoms with E-state index >= 15 is 0 Å². The lowest BCUT2D eigenvalue weighted by atomic mass is 10.2. The number of nitrogens with zero attached hydrogens (tertiary/aromatic N) is 5. The van der Waals surface area contributed by atoms with Crippen molar-refractivity contribution < 1.29 is 14.6 Å². The van der Waals surface area contributed by atoms with Crippen molar-refractivity contribution in [3.8, 4) is 5.75 Å². The van der Waals surface area contributed by atoms with Gasteiger partial charge in [-0.2, -0.15) is 0 Å². The maximum atomic E-state index is 10.9. The number of hydrogen-bond acceptors (Lipinski definition) is 6. The SMILES string of the molecule is Cn1cnnc1N1CCN(CCOc2ccc(C(=O)O)cc2Cl)CC1. The normalized spacial score (nSPS) is 15.4. The topological polar surface area (TPSA) is 83.7 Å².